The van der Waals surface area contributed by atoms with Gasteiger partial charge in [-0.1, -0.05) is 6.92 Å². The van der Waals surface area contributed by atoms with Gasteiger partial charge < -0.3 is 4.74 Å². The average Bonchev–Trinajstić information content (AvgIpc) is 3.06. The van der Waals surface area contributed by atoms with Crippen LogP contribution in [-0.4, -0.2) is 38.5 Å². The molecule has 0 bridgehead atoms. The summed E-state index contributed by atoms with van der Waals surface area (Å²) in [6.07, 6.45) is 1.98. The number of hydrogen-bond donors (Lipinski definition) is 0. The van der Waals surface area contributed by atoms with Gasteiger partial charge in [-0.2, -0.15) is 4.31 Å². The van der Waals surface area contributed by atoms with E-state index in [1.807, 2.05) is 6.92 Å². The van der Waals surface area contributed by atoms with Crippen molar-refractivity contribution in [2.24, 2.45) is 0 Å². The highest BCUT2D eigenvalue weighted by molar-refractivity contribution is 7.91. The second-order valence-corrected chi connectivity index (χ2v) is 8.05. The van der Waals surface area contributed by atoms with E-state index in [2.05, 4.69) is 0 Å². The number of rotatable bonds is 6. The van der Waals surface area contributed by atoms with E-state index in [1.165, 1.54) is 15.6 Å². The van der Waals surface area contributed by atoms with E-state index in [0.29, 0.717) is 23.2 Å². The highest BCUT2D eigenvalue weighted by Crippen LogP contribution is 2.27. The Kier molecular flexibility index (Phi) is 5.25. The highest BCUT2D eigenvalue weighted by atomic mass is 35.5. The molecule has 0 radical (unpaired) electrons. The molecule has 0 aromatic carbocycles. The van der Waals surface area contributed by atoms with E-state index in [-0.39, 0.29) is 6.10 Å². The summed E-state index contributed by atoms with van der Waals surface area (Å²) in [4.78, 5) is 0.869. The smallest absolute Gasteiger partial charge is 0.252 e. The second kappa shape index (κ2) is 6.54. The first-order chi connectivity index (χ1) is 9.07. The van der Waals surface area contributed by atoms with Crippen LogP contribution in [0.3, 0.4) is 0 Å². The van der Waals surface area contributed by atoms with Gasteiger partial charge in [0.15, 0.2) is 0 Å². The lowest BCUT2D eigenvalue weighted by molar-refractivity contribution is 0.0947. The molecule has 0 saturated carbocycles. The largest absolute Gasteiger partial charge is 0.377 e. The number of likely N-dealkylation sites (N-methyl/N-ethyl adjacent to an activating group) is 1. The maximum absolute atomic E-state index is 12.5. The fourth-order valence-corrected chi connectivity index (χ4v) is 5.20. The van der Waals surface area contributed by atoms with Gasteiger partial charge in [0.05, 0.1) is 12.0 Å². The van der Waals surface area contributed by atoms with Crippen LogP contribution in [0.15, 0.2) is 16.3 Å². The molecule has 1 saturated heterocycles. The first kappa shape index (κ1) is 15.3. The molecule has 1 aliphatic rings. The fourth-order valence-electron chi connectivity index (χ4n) is 2.11. The van der Waals surface area contributed by atoms with Crippen molar-refractivity contribution in [1.29, 1.82) is 0 Å². The molecule has 1 fully saturated rings. The van der Waals surface area contributed by atoms with Crippen molar-refractivity contribution in [1.82, 2.24) is 4.31 Å². The molecule has 0 aliphatic carbocycles. The number of thiophene rings is 1. The van der Waals surface area contributed by atoms with Crippen LogP contribution >= 0.6 is 22.9 Å². The summed E-state index contributed by atoms with van der Waals surface area (Å²) in [5.41, 5.74) is 0. The molecule has 1 aromatic rings. The minimum atomic E-state index is -3.41. The monoisotopic (exact) mass is 323 g/mol. The standard InChI is InChI=1S/C12H18ClNO3S2/c1-2-14(9-10-4-3-7-17-10)19(15,16)12-6-5-11(8-13)18-12/h5-6,10H,2-4,7-9H2,1H3. The molecular formula is C12H18ClNO3S2. The van der Waals surface area contributed by atoms with E-state index >= 15 is 0 Å². The molecule has 1 aromatic heterocycles. The number of alkyl halides is 1. The molecule has 7 heteroatoms. The minimum absolute atomic E-state index is 0.0298. The van der Waals surface area contributed by atoms with Crippen molar-refractivity contribution in [2.75, 3.05) is 19.7 Å². The Balaban J connectivity index is 2.15. The summed E-state index contributed by atoms with van der Waals surface area (Å²) in [5.74, 6) is 0.345. The minimum Gasteiger partial charge on any atom is -0.377 e. The van der Waals surface area contributed by atoms with E-state index < -0.39 is 10.0 Å². The van der Waals surface area contributed by atoms with E-state index in [1.54, 1.807) is 12.1 Å². The van der Waals surface area contributed by atoms with Gasteiger partial charge in [0.1, 0.15) is 4.21 Å². The fraction of sp³-hybridized carbons (Fsp3) is 0.667. The van der Waals surface area contributed by atoms with Crippen molar-refractivity contribution < 1.29 is 13.2 Å². The second-order valence-electron chi connectivity index (χ2n) is 4.45. The van der Waals surface area contributed by atoms with Gasteiger partial charge in [0, 0.05) is 24.6 Å². The molecule has 2 rings (SSSR count). The summed E-state index contributed by atoms with van der Waals surface area (Å²) < 4.78 is 32.4. The lowest BCUT2D eigenvalue weighted by Crippen LogP contribution is -2.36. The summed E-state index contributed by atoms with van der Waals surface area (Å²) in [6.45, 7) is 3.48. The molecule has 19 heavy (non-hydrogen) atoms. The van der Waals surface area contributed by atoms with Crippen LogP contribution in [-0.2, 0) is 20.6 Å². The molecule has 1 aliphatic heterocycles. The van der Waals surface area contributed by atoms with Crippen LogP contribution in [0.25, 0.3) is 0 Å². The zero-order valence-electron chi connectivity index (χ0n) is 10.8. The summed E-state index contributed by atoms with van der Waals surface area (Å²) in [5, 5.41) is 0. The molecule has 4 nitrogen and oxygen atoms in total. The van der Waals surface area contributed by atoms with Crippen LogP contribution < -0.4 is 0 Å². The van der Waals surface area contributed by atoms with Gasteiger partial charge in [0.2, 0.25) is 0 Å². The lowest BCUT2D eigenvalue weighted by Gasteiger charge is -2.22. The summed E-state index contributed by atoms with van der Waals surface area (Å²) >= 11 is 6.96. The Morgan fingerprint density at radius 1 is 1.53 bits per heavy atom. The van der Waals surface area contributed by atoms with Gasteiger partial charge in [-0.15, -0.1) is 22.9 Å². The first-order valence-electron chi connectivity index (χ1n) is 6.34. The van der Waals surface area contributed by atoms with Crippen molar-refractivity contribution >= 4 is 33.0 Å². The maximum Gasteiger partial charge on any atom is 0.252 e. The van der Waals surface area contributed by atoms with Crippen LogP contribution in [0.4, 0.5) is 0 Å². The predicted molar refractivity (Wildman–Crippen MR) is 77.3 cm³/mol. The number of ether oxygens (including phenoxy) is 1. The zero-order valence-corrected chi connectivity index (χ0v) is 13.2. The van der Waals surface area contributed by atoms with E-state index in [0.717, 1.165) is 24.3 Å². The number of sulfonamides is 1. The van der Waals surface area contributed by atoms with Crippen molar-refractivity contribution in [3.63, 3.8) is 0 Å². The Morgan fingerprint density at radius 3 is 2.84 bits per heavy atom. The van der Waals surface area contributed by atoms with Crippen molar-refractivity contribution in [3.05, 3.63) is 17.0 Å². The van der Waals surface area contributed by atoms with Crippen LogP contribution in [0.2, 0.25) is 0 Å². The predicted octanol–water partition coefficient (Wildman–Crippen LogP) is 2.68. The molecule has 1 atom stereocenters. The topological polar surface area (TPSA) is 46.6 Å². The third-order valence-electron chi connectivity index (χ3n) is 3.15. The number of nitrogens with zero attached hydrogens (tertiary/aromatic N) is 1. The highest BCUT2D eigenvalue weighted by Gasteiger charge is 2.28. The van der Waals surface area contributed by atoms with Gasteiger partial charge in [-0.05, 0) is 25.0 Å². The first-order valence-corrected chi connectivity index (χ1v) is 9.13. The van der Waals surface area contributed by atoms with Crippen LogP contribution in [0.5, 0.6) is 0 Å². The normalized spacial score (nSPS) is 20.3. The molecule has 0 amide bonds. The van der Waals surface area contributed by atoms with Crippen LogP contribution in [0, 0.1) is 0 Å². The van der Waals surface area contributed by atoms with Crippen LogP contribution in [0.1, 0.15) is 24.6 Å². The SMILES string of the molecule is CCN(CC1CCCO1)S(=O)(=O)c1ccc(CCl)s1. The maximum atomic E-state index is 12.5. The Bertz CT molecular complexity index is 509. The summed E-state index contributed by atoms with van der Waals surface area (Å²) in [7, 11) is -3.41. The third-order valence-corrected chi connectivity index (χ3v) is 7.09. The third kappa shape index (κ3) is 3.49. The Hall–Kier alpha value is -0.140. The lowest BCUT2D eigenvalue weighted by atomic mass is 10.2. The average molecular weight is 324 g/mol. The van der Waals surface area contributed by atoms with Gasteiger partial charge >= 0.3 is 0 Å². The Morgan fingerprint density at radius 2 is 2.32 bits per heavy atom. The molecular weight excluding hydrogens is 306 g/mol. The van der Waals surface area contributed by atoms with E-state index in [9.17, 15) is 8.42 Å². The van der Waals surface area contributed by atoms with Crippen molar-refractivity contribution in [3.8, 4) is 0 Å². The molecule has 1 unspecified atom stereocenters. The van der Waals surface area contributed by atoms with Gasteiger partial charge in [0.25, 0.3) is 10.0 Å². The Labute approximate surface area is 123 Å². The molecule has 108 valence electrons. The summed E-state index contributed by atoms with van der Waals surface area (Å²) in [6, 6.07) is 3.40. The van der Waals surface area contributed by atoms with Gasteiger partial charge in [-0.25, -0.2) is 8.42 Å². The molecule has 0 N–H and O–H groups in total. The zero-order chi connectivity index (χ0) is 13.9. The van der Waals surface area contributed by atoms with Gasteiger partial charge in [-0.3, -0.25) is 0 Å². The van der Waals surface area contributed by atoms with Crippen molar-refractivity contribution in [2.45, 2.75) is 36.0 Å². The number of halogens is 1. The molecule has 2 heterocycles. The molecule has 0 spiro atoms. The van der Waals surface area contributed by atoms with E-state index in [4.69, 9.17) is 16.3 Å². The number of hydrogen-bond acceptors (Lipinski definition) is 4. The quantitative estimate of drug-likeness (QED) is 0.756.